The monoisotopic (exact) mass is 257 g/mol. The van der Waals surface area contributed by atoms with E-state index in [-0.39, 0.29) is 11.7 Å². The number of carbonyl (C=O) groups excluding carboxylic acids is 1. The minimum Gasteiger partial charge on any atom is -0.409 e. The topological polar surface area (TPSA) is 96.9 Å². The van der Waals surface area contributed by atoms with Crippen LogP contribution in [0.2, 0.25) is 0 Å². The van der Waals surface area contributed by atoms with Crippen LogP contribution in [-0.2, 0) is 9.53 Å². The van der Waals surface area contributed by atoms with Crippen molar-refractivity contribution in [3.8, 4) is 0 Å². The van der Waals surface area contributed by atoms with Crippen LogP contribution in [-0.4, -0.2) is 36.7 Å². The van der Waals surface area contributed by atoms with Crippen LogP contribution in [0.1, 0.15) is 32.6 Å². The number of oxime groups is 1. The summed E-state index contributed by atoms with van der Waals surface area (Å²) >= 11 is 0. The lowest BCUT2D eigenvalue weighted by atomic mass is 9.99. The number of hydrogen-bond acceptors (Lipinski definition) is 4. The van der Waals surface area contributed by atoms with Gasteiger partial charge in [0.15, 0.2) is 5.84 Å². The molecule has 6 heteroatoms. The van der Waals surface area contributed by atoms with E-state index in [1.54, 1.807) is 0 Å². The molecule has 1 aliphatic heterocycles. The van der Waals surface area contributed by atoms with Crippen LogP contribution < -0.4 is 11.1 Å². The molecule has 1 aliphatic rings. The maximum atomic E-state index is 12.0. The van der Waals surface area contributed by atoms with Gasteiger partial charge in [-0.25, -0.2) is 0 Å². The molecule has 6 nitrogen and oxygen atoms in total. The summed E-state index contributed by atoms with van der Waals surface area (Å²) in [6, 6.07) is 0. The van der Waals surface area contributed by atoms with Crippen LogP contribution in [0.5, 0.6) is 0 Å². The van der Waals surface area contributed by atoms with Crippen molar-refractivity contribution in [3.05, 3.63) is 0 Å². The Morgan fingerprint density at radius 1 is 1.67 bits per heavy atom. The van der Waals surface area contributed by atoms with Gasteiger partial charge in [-0.1, -0.05) is 18.5 Å². The molecule has 0 spiro atoms. The molecule has 1 rings (SSSR count). The van der Waals surface area contributed by atoms with Gasteiger partial charge in [-0.3, -0.25) is 4.79 Å². The van der Waals surface area contributed by atoms with Crippen molar-refractivity contribution in [2.75, 3.05) is 19.8 Å². The van der Waals surface area contributed by atoms with Gasteiger partial charge in [-0.15, -0.1) is 0 Å². The molecule has 1 heterocycles. The smallest absolute Gasteiger partial charge is 0.230 e. The maximum absolute atomic E-state index is 12.0. The fourth-order valence-corrected chi connectivity index (χ4v) is 2.11. The van der Waals surface area contributed by atoms with Crippen LogP contribution in [0, 0.1) is 11.8 Å². The van der Waals surface area contributed by atoms with Crippen LogP contribution in [0.4, 0.5) is 0 Å². The summed E-state index contributed by atoms with van der Waals surface area (Å²) in [5, 5.41) is 14.5. The second kappa shape index (κ2) is 7.92. The van der Waals surface area contributed by atoms with Crippen molar-refractivity contribution in [1.29, 1.82) is 0 Å². The van der Waals surface area contributed by atoms with Gasteiger partial charge >= 0.3 is 0 Å². The number of hydrogen-bond donors (Lipinski definition) is 3. The van der Waals surface area contributed by atoms with Crippen molar-refractivity contribution in [3.63, 3.8) is 0 Å². The predicted molar refractivity (Wildman–Crippen MR) is 68.4 cm³/mol. The third kappa shape index (κ3) is 4.52. The molecule has 1 saturated heterocycles. The Morgan fingerprint density at radius 3 is 3.00 bits per heavy atom. The van der Waals surface area contributed by atoms with Gasteiger partial charge in [0.05, 0.1) is 12.5 Å². The third-order valence-electron chi connectivity index (χ3n) is 3.19. The first kappa shape index (κ1) is 14.8. The molecule has 2 atom stereocenters. The van der Waals surface area contributed by atoms with E-state index in [2.05, 4.69) is 10.5 Å². The van der Waals surface area contributed by atoms with E-state index in [1.165, 1.54) is 0 Å². The normalized spacial score (nSPS) is 22.5. The highest BCUT2D eigenvalue weighted by Gasteiger charge is 2.23. The van der Waals surface area contributed by atoms with Gasteiger partial charge in [-0.2, -0.15) is 0 Å². The molecule has 0 saturated carbocycles. The quantitative estimate of drug-likeness (QED) is 0.282. The highest BCUT2D eigenvalue weighted by atomic mass is 16.5. The zero-order valence-corrected chi connectivity index (χ0v) is 10.9. The number of rotatable bonds is 6. The molecule has 0 aliphatic carbocycles. The first-order valence-electron chi connectivity index (χ1n) is 6.51. The average molecular weight is 257 g/mol. The van der Waals surface area contributed by atoms with Crippen molar-refractivity contribution in [2.24, 2.45) is 22.7 Å². The third-order valence-corrected chi connectivity index (χ3v) is 3.19. The Bertz CT molecular complexity index is 288. The summed E-state index contributed by atoms with van der Waals surface area (Å²) in [7, 11) is 0. The minimum absolute atomic E-state index is 0.0192. The zero-order chi connectivity index (χ0) is 13.4. The summed E-state index contributed by atoms with van der Waals surface area (Å²) < 4.78 is 5.35. The van der Waals surface area contributed by atoms with Gasteiger partial charge in [0.25, 0.3) is 0 Å². The van der Waals surface area contributed by atoms with E-state index in [9.17, 15) is 4.79 Å². The number of amidine groups is 1. The van der Waals surface area contributed by atoms with Crippen molar-refractivity contribution in [2.45, 2.75) is 32.6 Å². The Labute approximate surface area is 108 Å². The summed E-state index contributed by atoms with van der Waals surface area (Å²) in [4.78, 5) is 12.0. The van der Waals surface area contributed by atoms with Gasteiger partial charge in [0.2, 0.25) is 5.91 Å². The van der Waals surface area contributed by atoms with Crippen LogP contribution >= 0.6 is 0 Å². The number of ether oxygens (including phenoxy) is 1. The first-order valence-corrected chi connectivity index (χ1v) is 6.51. The van der Waals surface area contributed by atoms with Crippen LogP contribution in [0.3, 0.4) is 0 Å². The predicted octanol–water partition coefficient (Wildman–Crippen LogP) is 0.692. The van der Waals surface area contributed by atoms with E-state index in [1.807, 2.05) is 6.92 Å². The van der Waals surface area contributed by atoms with E-state index < -0.39 is 5.92 Å². The largest absolute Gasteiger partial charge is 0.409 e. The summed E-state index contributed by atoms with van der Waals surface area (Å²) in [5.41, 5.74) is 5.53. The Morgan fingerprint density at radius 2 is 2.44 bits per heavy atom. The molecule has 1 fully saturated rings. The SMILES string of the molecule is CCCC(C(=O)NCC1CCCOC1)C(N)=NO. The van der Waals surface area contributed by atoms with Gasteiger partial charge < -0.3 is 21.0 Å². The van der Waals surface area contributed by atoms with Gasteiger partial charge in [0, 0.05) is 13.2 Å². The standard InChI is InChI=1S/C12H23N3O3/c1-2-4-10(11(13)15-17)12(16)14-7-9-5-3-6-18-8-9/h9-10,17H,2-8H2,1H3,(H2,13,15)(H,14,16). The number of carbonyl (C=O) groups is 1. The molecule has 0 aromatic carbocycles. The molecule has 1 amide bonds. The van der Waals surface area contributed by atoms with Gasteiger partial charge in [0.1, 0.15) is 0 Å². The molecule has 18 heavy (non-hydrogen) atoms. The van der Waals surface area contributed by atoms with E-state index >= 15 is 0 Å². The number of amides is 1. The molecular weight excluding hydrogens is 234 g/mol. The lowest BCUT2D eigenvalue weighted by Gasteiger charge is -2.23. The fourth-order valence-electron chi connectivity index (χ4n) is 2.11. The molecule has 0 aromatic heterocycles. The molecule has 2 unspecified atom stereocenters. The minimum atomic E-state index is -0.537. The summed E-state index contributed by atoms with van der Waals surface area (Å²) in [6.07, 6.45) is 3.51. The maximum Gasteiger partial charge on any atom is 0.230 e. The van der Waals surface area contributed by atoms with Crippen LogP contribution in [0.15, 0.2) is 5.16 Å². The van der Waals surface area contributed by atoms with Crippen molar-refractivity contribution in [1.82, 2.24) is 5.32 Å². The Hall–Kier alpha value is -1.30. The van der Waals surface area contributed by atoms with Crippen molar-refractivity contribution < 1.29 is 14.7 Å². The molecule has 4 N–H and O–H groups in total. The van der Waals surface area contributed by atoms with Crippen LogP contribution in [0.25, 0.3) is 0 Å². The van der Waals surface area contributed by atoms with E-state index in [0.717, 1.165) is 25.9 Å². The highest BCUT2D eigenvalue weighted by molar-refractivity contribution is 6.02. The number of nitrogens with one attached hydrogen (secondary N) is 1. The molecule has 0 radical (unpaired) electrons. The number of nitrogens with two attached hydrogens (primary N) is 1. The lowest BCUT2D eigenvalue weighted by molar-refractivity contribution is -0.123. The zero-order valence-electron chi connectivity index (χ0n) is 10.9. The summed E-state index contributed by atoms with van der Waals surface area (Å²) in [6.45, 7) is 4.06. The van der Waals surface area contributed by atoms with Crippen molar-refractivity contribution >= 4 is 11.7 Å². The highest BCUT2D eigenvalue weighted by Crippen LogP contribution is 2.13. The second-order valence-electron chi connectivity index (χ2n) is 4.69. The lowest BCUT2D eigenvalue weighted by Crippen LogP contribution is -2.41. The molecule has 0 aromatic rings. The Balaban J connectivity index is 2.40. The molecular formula is C12H23N3O3. The second-order valence-corrected chi connectivity index (χ2v) is 4.69. The number of nitrogens with zero attached hydrogens (tertiary/aromatic N) is 1. The average Bonchev–Trinajstić information content (AvgIpc) is 2.42. The van der Waals surface area contributed by atoms with Gasteiger partial charge in [-0.05, 0) is 25.2 Å². The fraction of sp³-hybridized carbons (Fsp3) is 0.833. The summed E-state index contributed by atoms with van der Waals surface area (Å²) in [5.74, 6) is -0.353. The van der Waals surface area contributed by atoms with E-state index in [4.69, 9.17) is 15.7 Å². The molecule has 0 bridgehead atoms. The first-order chi connectivity index (χ1) is 8.69. The van der Waals surface area contributed by atoms with E-state index in [0.29, 0.717) is 25.5 Å². The molecule has 104 valence electrons. The Kier molecular flexibility index (Phi) is 6.49.